The Morgan fingerprint density at radius 1 is 0.867 bits per heavy atom. The fourth-order valence-electron chi connectivity index (χ4n) is 1.33. The maximum atomic E-state index is 10.4. The Morgan fingerprint density at radius 3 is 2.07 bits per heavy atom. The molecule has 2 rings (SSSR count). The van der Waals surface area contributed by atoms with Crippen LogP contribution in [0.2, 0.25) is 0 Å². The van der Waals surface area contributed by atoms with Crippen molar-refractivity contribution in [3.63, 3.8) is 0 Å². The third kappa shape index (κ3) is 6.19. The summed E-state index contributed by atoms with van der Waals surface area (Å²) in [6, 6.07) is 0. The van der Waals surface area contributed by atoms with Gasteiger partial charge in [-0.3, -0.25) is 9.59 Å². The van der Waals surface area contributed by atoms with Crippen LogP contribution in [0.1, 0.15) is 19.3 Å². The van der Waals surface area contributed by atoms with E-state index in [9.17, 15) is 9.59 Å². The van der Waals surface area contributed by atoms with E-state index in [1.54, 1.807) is 0 Å². The summed E-state index contributed by atoms with van der Waals surface area (Å²) in [6.45, 7) is 3.86. The molecular formula is C10H18N2O3. The van der Waals surface area contributed by atoms with Crippen LogP contribution in [0.5, 0.6) is 0 Å². The SMILES string of the molecule is O=C1CCNCC1.O=C1CCNCCO1. The number of cyclic esters (lactones) is 1. The second kappa shape index (κ2) is 7.36. The van der Waals surface area contributed by atoms with Gasteiger partial charge in [0.2, 0.25) is 0 Å². The summed E-state index contributed by atoms with van der Waals surface area (Å²) in [5, 5.41) is 6.13. The van der Waals surface area contributed by atoms with Crippen LogP contribution in [0.15, 0.2) is 0 Å². The first-order valence-electron chi connectivity index (χ1n) is 5.38. The van der Waals surface area contributed by atoms with Crippen LogP contribution < -0.4 is 10.6 Å². The predicted octanol–water partition coefficient (Wildman–Crippen LogP) is -0.538. The number of hydrogen-bond donors (Lipinski definition) is 2. The van der Waals surface area contributed by atoms with E-state index in [0.29, 0.717) is 18.8 Å². The lowest BCUT2D eigenvalue weighted by Gasteiger charge is -2.08. The van der Waals surface area contributed by atoms with Gasteiger partial charge in [-0.05, 0) is 0 Å². The second-order valence-electron chi connectivity index (χ2n) is 3.51. The Balaban J connectivity index is 0.000000151. The number of esters is 1. The summed E-state index contributed by atoms with van der Waals surface area (Å²) in [5.41, 5.74) is 0. The normalized spacial score (nSPS) is 22.1. The molecule has 5 heteroatoms. The van der Waals surface area contributed by atoms with E-state index in [2.05, 4.69) is 10.6 Å². The smallest absolute Gasteiger partial charge is 0.307 e. The Bertz CT molecular complexity index is 201. The van der Waals surface area contributed by atoms with Crippen molar-refractivity contribution in [1.29, 1.82) is 0 Å². The van der Waals surface area contributed by atoms with E-state index in [-0.39, 0.29) is 5.97 Å². The average molecular weight is 214 g/mol. The zero-order valence-corrected chi connectivity index (χ0v) is 8.88. The second-order valence-corrected chi connectivity index (χ2v) is 3.51. The number of carbonyl (C=O) groups excluding carboxylic acids is 2. The summed E-state index contributed by atoms with van der Waals surface area (Å²) in [7, 11) is 0. The minimum Gasteiger partial charge on any atom is -0.464 e. The molecule has 0 atom stereocenters. The van der Waals surface area contributed by atoms with Crippen molar-refractivity contribution in [2.45, 2.75) is 19.3 Å². The van der Waals surface area contributed by atoms with Gasteiger partial charge in [0.15, 0.2) is 0 Å². The topological polar surface area (TPSA) is 67.4 Å². The first-order chi connectivity index (χ1) is 7.29. The van der Waals surface area contributed by atoms with Crippen LogP contribution in [0.25, 0.3) is 0 Å². The zero-order valence-electron chi connectivity index (χ0n) is 8.88. The van der Waals surface area contributed by atoms with E-state index < -0.39 is 0 Å². The highest BCUT2D eigenvalue weighted by molar-refractivity contribution is 5.79. The largest absolute Gasteiger partial charge is 0.464 e. The van der Waals surface area contributed by atoms with Gasteiger partial charge in [-0.25, -0.2) is 0 Å². The number of Topliss-reactive ketones (excluding diaryl/α,β-unsaturated/α-hetero) is 1. The quantitative estimate of drug-likeness (QED) is 0.530. The Kier molecular flexibility index (Phi) is 5.96. The molecule has 0 spiro atoms. The molecule has 0 saturated carbocycles. The molecule has 2 aliphatic rings. The van der Waals surface area contributed by atoms with Gasteiger partial charge in [-0.15, -0.1) is 0 Å². The van der Waals surface area contributed by atoms with Crippen molar-refractivity contribution in [1.82, 2.24) is 10.6 Å². The maximum Gasteiger partial charge on any atom is 0.307 e. The van der Waals surface area contributed by atoms with Gasteiger partial charge in [-0.1, -0.05) is 0 Å². The van der Waals surface area contributed by atoms with E-state index in [1.807, 2.05) is 0 Å². The number of ether oxygens (including phenoxy) is 1. The summed E-state index contributed by atoms with van der Waals surface area (Å²) in [5.74, 6) is 0.314. The Morgan fingerprint density at radius 2 is 1.47 bits per heavy atom. The van der Waals surface area contributed by atoms with Crippen molar-refractivity contribution >= 4 is 11.8 Å². The number of ketones is 1. The van der Waals surface area contributed by atoms with Crippen molar-refractivity contribution in [2.24, 2.45) is 0 Å². The number of nitrogens with one attached hydrogen (secondary N) is 2. The molecule has 2 N–H and O–H groups in total. The molecule has 0 bridgehead atoms. The van der Waals surface area contributed by atoms with Crippen LogP contribution in [0.3, 0.4) is 0 Å². The molecule has 0 aromatic heterocycles. The van der Waals surface area contributed by atoms with Gasteiger partial charge in [0, 0.05) is 39.0 Å². The van der Waals surface area contributed by atoms with Crippen LogP contribution in [-0.4, -0.2) is 44.5 Å². The third-order valence-corrected chi connectivity index (χ3v) is 2.21. The third-order valence-electron chi connectivity index (χ3n) is 2.21. The van der Waals surface area contributed by atoms with Gasteiger partial charge in [0.1, 0.15) is 12.4 Å². The molecule has 0 aliphatic carbocycles. The van der Waals surface area contributed by atoms with Gasteiger partial charge < -0.3 is 15.4 Å². The molecule has 5 nitrogen and oxygen atoms in total. The number of rotatable bonds is 0. The van der Waals surface area contributed by atoms with Gasteiger partial charge >= 0.3 is 5.97 Å². The molecule has 2 saturated heterocycles. The minimum atomic E-state index is -0.0880. The number of piperidine rings is 1. The van der Waals surface area contributed by atoms with Crippen LogP contribution >= 0.6 is 0 Å². The first kappa shape index (κ1) is 12.1. The Hall–Kier alpha value is -0.940. The molecule has 0 aromatic carbocycles. The molecule has 0 aromatic rings. The standard InChI is InChI=1S/C5H9NO2.C5H9NO/c7-5-1-2-6-3-4-8-5;7-5-1-3-6-4-2-5/h6H,1-4H2;6H,1-4H2. The lowest BCUT2D eigenvalue weighted by Crippen LogP contribution is -2.27. The lowest BCUT2D eigenvalue weighted by molar-refractivity contribution is -0.142. The van der Waals surface area contributed by atoms with Crippen molar-refractivity contribution < 1.29 is 14.3 Å². The predicted molar refractivity (Wildman–Crippen MR) is 55.6 cm³/mol. The summed E-state index contributed by atoms with van der Waals surface area (Å²) < 4.78 is 4.70. The first-order valence-corrected chi connectivity index (χ1v) is 5.38. The Labute approximate surface area is 89.6 Å². The molecule has 86 valence electrons. The zero-order chi connectivity index (χ0) is 10.9. The monoisotopic (exact) mass is 214 g/mol. The van der Waals surface area contributed by atoms with E-state index >= 15 is 0 Å². The maximum absolute atomic E-state index is 10.4. The highest BCUT2D eigenvalue weighted by Crippen LogP contribution is 1.92. The van der Waals surface area contributed by atoms with Crippen molar-refractivity contribution in [3.05, 3.63) is 0 Å². The van der Waals surface area contributed by atoms with Crippen LogP contribution in [0, 0.1) is 0 Å². The molecule has 2 heterocycles. The number of carbonyl (C=O) groups is 2. The average Bonchev–Trinajstić information content (AvgIpc) is 2.48. The molecule has 0 amide bonds. The molecule has 2 fully saturated rings. The fraction of sp³-hybridized carbons (Fsp3) is 0.800. The van der Waals surface area contributed by atoms with E-state index in [1.165, 1.54) is 0 Å². The molecule has 2 aliphatic heterocycles. The molecular weight excluding hydrogens is 196 g/mol. The van der Waals surface area contributed by atoms with E-state index in [4.69, 9.17) is 4.74 Å². The van der Waals surface area contributed by atoms with Gasteiger partial charge in [0.05, 0.1) is 6.42 Å². The van der Waals surface area contributed by atoms with Crippen molar-refractivity contribution in [3.8, 4) is 0 Å². The summed E-state index contributed by atoms with van der Waals surface area (Å²) >= 11 is 0. The fourth-order valence-corrected chi connectivity index (χ4v) is 1.33. The molecule has 15 heavy (non-hydrogen) atoms. The minimum absolute atomic E-state index is 0.0880. The van der Waals surface area contributed by atoms with E-state index in [0.717, 1.165) is 39.0 Å². The highest BCUT2D eigenvalue weighted by atomic mass is 16.5. The summed E-state index contributed by atoms with van der Waals surface area (Å²) in [4.78, 5) is 20.8. The molecule has 0 unspecified atom stereocenters. The number of hydrogen-bond acceptors (Lipinski definition) is 5. The van der Waals surface area contributed by atoms with Crippen LogP contribution in [-0.2, 0) is 14.3 Å². The van der Waals surface area contributed by atoms with Gasteiger partial charge in [0.25, 0.3) is 0 Å². The lowest BCUT2D eigenvalue weighted by atomic mass is 10.1. The summed E-state index contributed by atoms with van der Waals surface area (Å²) in [6.07, 6.45) is 1.99. The van der Waals surface area contributed by atoms with Crippen LogP contribution in [0.4, 0.5) is 0 Å². The molecule has 0 radical (unpaired) electrons. The van der Waals surface area contributed by atoms with Gasteiger partial charge in [-0.2, -0.15) is 0 Å². The van der Waals surface area contributed by atoms with Crippen molar-refractivity contribution in [2.75, 3.05) is 32.8 Å². The highest BCUT2D eigenvalue weighted by Gasteiger charge is 2.05.